The van der Waals surface area contributed by atoms with E-state index in [0.717, 1.165) is 5.52 Å². The fourth-order valence-electron chi connectivity index (χ4n) is 2.74. The van der Waals surface area contributed by atoms with Crippen LogP contribution in [0.25, 0.3) is 10.9 Å². The van der Waals surface area contributed by atoms with E-state index in [1.165, 1.54) is 7.11 Å². The third-order valence-corrected chi connectivity index (χ3v) is 4.57. The monoisotopic (exact) mass is 390 g/mol. The summed E-state index contributed by atoms with van der Waals surface area (Å²) in [6.07, 6.45) is 1.55. The van der Waals surface area contributed by atoms with Crippen LogP contribution in [0.5, 0.6) is 5.75 Å². The van der Waals surface area contributed by atoms with Crippen molar-refractivity contribution in [3.05, 3.63) is 68.4 Å². The highest BCUT2D eigenvalue weighted by Gasteiger charge is 2.16. The van der Waals surface area contributed by atoms with E-state index in [9.17, 15) is 9.59 Å². The van der Waals surface area contributed by atoms with Gasteiger partial charge in [-0.1, -0.05) is 23.2 Å². The third kappa shape index (κ3) is 3.41. The number of anilines is 1. The molecular weight excluding hydrogens is 375 g/mol. The number of benzene rings is 2. The molecule has 1 aromatic heterocycles. The van der Waals surface area contributed by atoms with Crippen LogP contribution < -0.4 is 15.5 Å². The van der Waals surface area contributed by atoms with E-state index < -0.39 is 5.91 Å². The number of hydrogen-bond acceptors (Lipinski definition) is 3. The van der Waals surface area contributed by atoms with Gasteiger partial charge in [0.2, 0.25) is 5.43 Å². The molecule has 5 nitrogen and oxygen atoms in total. The van der Waals surface area contributed by atoms with Crippen molar-refractivity contribution in [1.82, 2.24) is 4.57 Å². The summed E-state index contributed by atoms with van der Waals surface area (Å²) in [6, 6.07) is 9.92. The van der Waals surface area contributed by atoms with Gasteiger partial charge in [0.25, 0.3) is 5.91 Å². The molecule has 1 amide bonds. The van der Waals surface area contributed by atoms with Crippen LogP contribution in [-0.4, -0.2) is 17.6 Å². The van der Waals surface area contributed by atoms with Crippen LogP contribution in [0, 0.1) is 0 Å². The quantitative estimate of drug-likeness (QED) is 0.708. The number of carbonyl (C=O) groups excluding carboxylic acids is 1. The van der Waals surface area contributed by atoms with E-state index >= 15 is 0 Å². The maximum Gasteiger partial charge on any atom is 0.261 e. The number of amides is 1. The lowest BCUT2D eigenvalue weighted by molar-refractivity contribution is 0.102. The molecule has 0 radical (unpaired) electrons. The van der Waals surface area contributed by atoms with Gasteiger partial charge in [-0.25, -0.2) is 0 Å². The molecule has 3 aromatic rings. The van der Waals surface area contributed by atoms with Crippen molar-refractivity contribution in [2.45, 2.75) is 13.5 Å². The summed E-state index contributed by atoms with van der Waals surface area (Å²) < 4.78 is 6.92. The minimum Gasteiger partial charge on any atom is -0.495 e. The predicted octanol–water partition coefficient (Wildman–Crippen LogP) is 4.59. The molecule has 0 aliphatic carbocycles. The molecule has 134 valence electrons. The highest BCUT2D eigenvalue weighted by molar-refractivity contribution is 6.32. The van der Waals surface area contributed by atoms with E-state index in [-0.39, 0.29) is 11.0 Å². The molecule has 0 saturated heterocycles. The number of carbonyl (C=O) groups is 1. The van der Waals surface area contributed by atoms with Gasteiger partial charge in [0.05, 0.1) is 17.6 Å². The fraction of sp³-hybridized carbons (Fsp3) is 0.158. The molecule has 0 atom stereocenters. The fourth-order valence-corrected chi connectivity index (χ4v) is 3.17. The van der Waals surface area contributed by atoms with Crippen molar-refractivity contribution in [2.24, 2.45) is 0 Å². The molecule has 0 saturated carbocycles. The Morgan fingerprint density at radius 2 is 1.96 bits per heavy atom. The van der Waals surface area contributed by atoms with Gasteiger partial charge in [-0.2, -0.15) is 0 Å². The number of aromatic nitrogens is 1. The lowest BCUT2D eigenvalue weighted by Gasteiger charge is -2.12. The predicted molar refractivity (Wildman–Crippen MR) is 105 cm³/mol. The smallest absolute Gasteiger partial charge is 0.261 e. The van der Waals surface area contributed by atoms with Crippen molar-refractivity contribution in [2.75, 3.05) is 12.4 Å². The van der Waals surface area contributed by atoms with Gasteiger partial charge >= 0.3 is 0 Å². The van der Waals surface area contributed by atoms with E-state index in [1.807, 2.05) is 11.5 Å². The molecule has 1 heterocycles. The van der Waals surface area contributed by atoms with Crippen molar-refractivity contribution in [3.63, 3.8) is 0 Å². The van der Waals surface area contributed by atoms with E-state index in [4.69, 9.17) is 27.9 Å². The maximum absolute atomic E-state index is 12.8. The topological polar surface area (TPSA) is 60.3 Å². The maximum atomic E-state index is 12.8. The Bertz CT molecular complexity index is 1060. The summed E-state index contributed by atoms with van der Waals surface area (Å²) >= 11 is 12.1. The molecule has 0 aliphatic rings. The Hall–Kier alpha value is -2.50. The standard InChI is InChI=1S/C19H16Cl2N2O3/c1-3-23-10-14(18(24)13-8-11(20)4-6-16(13)23)19(25)22-12-5-7-17(26-2)15(21)9-12/h4-10H,3H2,1-2H3,(H,22,25). The van der Waals surface area contributed by atoms with Crippen LogP contribution in [0.1, 0.15) is 17.3 Å². The third-order valence-electron chi connectivity index (χ3n) is 4.04. The van der Waals surface area contributed by atoms with Gasteiger partial charge in [-0.3, -0.25) is 9.59 Å². The minimum atomic E-state index is -0.514. The molecule has 0 unspecified atom stereocenters. The lowest BCUT2D eigenvalue weighted by Crippen LogP contribution is -2.23. The number of ether oxygens (including phenoxy) is 1. The molecule has 7 heteroatoms. The van der Waals surface area contributed by atoms with Gasteiger partial charge in [0.1, 0.15) is 11.3 Å². The lowest BCUT2D eigenvalue weighted by atomic mass is 10.1. The molecule has 0 aliphatic heterocycles. The van der Waals surface area contributed by atoms with Crippen molar-refractivity contribution < 1.29 is 9.53 Å². The number of pyridine rings is 1. The summed E-state index contributed by atoms with van der Waals surface area (Å²) in [5.41, 5.74) is 0.859. The van der Waals surface area contributed by atoms with Crippen molar-refractivity contribution >= 4 is 45.7 Å². The molecular formula is C19H16Cl2N2O3. The Labute approximate surface area is 160 Å². The van der Waals surface area contributed by atoms with E-state index in [2.05, 4.69) is 5.32 Å². The van der Waals surface area contributed by atoms with Crippen molar-refractivity contribution in [1.29, 1.82) is 0 Å². The largest absolute Gasteiger partial charge is 0.495 e. The zero-order valence-electron chi connectivity index (χ0n) is 14.2. The average molecular weight is 391 g/mol. The normalized spacial score (nSPS) is 10.8. The van der Waals surface area contributed by atoms with Gasteiger partial charge in [0.15, 0.2) is 0 Å². The number of aryl methyl sites for hydroxylation is 1. The molecule has 3 rings (SSSR count). The Morgan fingerprint density at radius 1 is 1.19 bits per heavy atom. The number of hydrogen-bond donors (Lipinski definition) is 1. The average Bonchev–Trinajstić information content (AvgIpc) is 2.62. The van der Waals surface area contributed by atoms with Crippen LogP contribution in [0.3, 0.4) is 0 Å². The Morgan fingerprint density at radius 3 is 2.62 bits per heavy atom. The van der Waals surface area contributed by atoms with E-state index in [1.54, 1.807) is 42.6 Å². The van der Waals surface area contributed by atoms with Crippen LogP contribution in [0.2, 0.25) is 10.0 Å². The second-order valence-corrected chi connectivity index (χ2v) is 6.47. The first-order chi connectivity index (χ1) is 12.4. The number of nitrogens with one attached hydrogen (secondary N) is 1. The summed E-state index contributed by atoms with van der Waals surface area (Å²) in [5, 5.41) is 3.90. The summed E-state index contributed by atoms with van der Waals surface area (Å²) in [5.74, 6) is -0.0151. The number of rotatable bonds is 4. The zero-order chi connectivity index (χ0) is 18.8. The molecule has 2 aromatic carbocycles. The van der Waals surface area contributed by atoms with Crippen molar-refractivity contribution in [3.8, 4) is 5.75 Å². The Kier molecular flexibility index (Phi) is 5.20. The van der Waals surface area contributed by atoms with E-state index in [0.29, 0.717) is 33.4 Å². The number of fused-ring (bicyclic) bond motifs is 1. The molecule has 1 N–H and O–H groups in total. The second-order valence-electron chi connectivity index (χ2n) is 5.62. The van der Waals surface area contributed by atoms with Crippen LogP contribution in [0.4, 0.5) is 5.69 Å². The molecule has 26 heavy (non-hydrogen) atoms. The van der Waals surface area contributed by atoms with Gasteiger partial charge in [0, 0.05) is 28.8 Å². The number of halogens is 2. The van der Waals surface area contributed by atoms with Crippen LogP contribution in [-0.2, 0) is 6.54 Å². The zero-order valence-corrected chi connectivity index (χ0v) is 15.7. The first-order valence-corrected chi connectivity index (χ1v) is 8.67. The van der Waals surface area contributed by atoms with Gasteiger partial charge in [-0.15, -0.1) is 0 Å². The van der Waals surface area contributed by atoms with Gasteiger partial charge < -0.3 is 14.6 Å². The SMILES string of the molecule is CCn1cc(C(=O)Nc2ccc(OC)c(Cl)c2)c(=O)c2cc(Cl)ccc21. The Balaban J connectivity index is 2.04. The summed E-state index contributed by atoms with van der Waals surface area (Å²) in [7, 11) is 1.51. The van der Waals surface area contributed by atoms with Crippen LogP contribution >= 0.6 is 23.2 Å². The minimum absolute atomic E-state index is 0.0357. The molecule has 0 bridgehead atoms. The van der Waals surface area contributed by atoms with Gasteiger partial charge in [-0.05, 0) is 43.3 Å². The summed E-state index contributed by atoms with van der Waals surface area (Å²) in [6.45, 7) is 2.54. The van der Waals surface area contributed by atoms with Crippen LogP contribution in [0.15, 0.2) is 47.4 Å². The first kappa shape index (κ1) is 18.3. The second kappa shape index (κ2) is 7.40. The highest BCUT2D eigenvalue weighted by Crippen LogP contribution is 2.27. The molecule has 0 spiro atoms. The number of methoxy groups -OCH3 is 1. The highest BCUT2D eigenvalue weighted by atomic mass is 35.5. The first-order valence-electron chi connectivity index (χ1n) is 7.92. The number of nitrogens with zero attached hydrogens (tertiary/aromatic N) is 1. The molecule has 0 fully saturated rings. The summed E-state index contributed by atoms with van der Waals surface area (Å²) in [4.78, 5) is 25.4.